The van der Waals surface area contributed by atoms with Crippen molar-refractivity contribution < 1.29 is 18.8 Å². The molecule has 3 aromatic carbocycles. The Bertz CT molecular complexity index is 1160. The molecule has 0 atom stereocenters. The van der Waals surface area contributed by atoms with Gasteiger partial charge in [-0.1, -0.05) is 84.9 Å². The summed E-state index contributed by atoms with van der Waals surface area (Å²) in [5, 5.41) is 2.86. The molecule has 0 aromatic heterocycles. The van der Waals surface area contributed by atoms with Crippen LogP contribution in [0.4, 0.5) is 4.79 Å². The first-order valence-electron chi connectivity index (χ1n) is 11.9. The highest BCUT2D eigenvalue weighted by atomic mass is 16.7. The molecule has 0 spiro atoms. The Kier molecular flexibility index (Phi) is 7.44. The van der Waals surface area contributed by atoms with Gasteiger partial charge in [-0.15, -0.1) is 0 Å². The highest BCUT2D eigenvalue weighted by Crippen LogP contribution is 2.38. The third-order valence-corrected chi connectivity index (χ3v) is 6.55. The van der Waals surface area contributed by atoms with Gasteiger partial charge in [-0.2, -0.15) is 0 Å². The van der Waals surface area contributed by atoms with Gasteiger partial charge in [0.05, 0.1) is 11.2 Å². The van der Waals surface area contributed by atoms with Gasteiger partial charge in [-0.05, 0) is 61.5 Å². The molecule has 1 saturated heterocycles. The molecule has 0 radical (unpaired) electrons. The van der Waals surface area contributed by atoms with Crippen molar-refractivity contribution in [2.75, 3.05) is 6.54 Å². The number of amides is 1. The quantitative estimate of drug-likeness (QED) is 0.413. The molecule has 1 aliphatic rings. The van der Waals surface area contributed by atoms with Crippen LogP contribution in [0.2, 0.25) is 0 Å². The van der Waals surface area contributed by atoms with E-state index < -0.39 is 24.4 Å². The molecule has 5 nitrogen and oxygen atoms in total. The normalized spacial score (nSPS) is 16.7. The fraction of sp³-hybridized carbons (Fsp3) is 0.276. The highest BCUT2D eigenvalue weighted by molar-refractivity contribution is 6.56. The smallest absolute Gasteiger partial charge is 0.445 e. The molecule has 0 aliphatic carbocycles. The minimum absolute atomic E-state index is 0.210. The minimum Gasteiger partial charge on any atom is -0.445 e. The number of carbonyl (C=O) groups excluding carboxylic acids is 1. The molecule has 1 heterocycles. The highest BCUT2D eigenvalue weighted by Gasteiger charge is 2.52. The lowest BCUT2D eigenvalue weighted by Gasteiger charge is -2.32. The molecule has 35 heavy (non-hydrogen) atoms. The molecule has 1 aliphatic heterocycles. The van der Waals surface area contributed by atoms with Gasteiger partial charge < -0.3 is 19.4 Å². The predicted molar refractivity (Wildman–Crippen MR) is 141 cm³/mol. The molecule has 0 bridgehead atoms. The van der Waals surface area contributed by atoms with E-state index in [1.807, 2.05) is 94.4 Å². The van der Waals surface area contributed by atoms with E-state index in [0.717, 1.165) is 27.7 Å². The number of benzene rings is 3. The number of nitrogens with one attached hydrogen (secondary N) is 1. The fourth-order valence-electron chi connectivity index (χ4n) is 3.80. The topological polar surface area (TPSA) is 56.8 Å². The van der Waals surface area contributed by atoms with Crippen molar-refractivity contribution in [1.82, 2.24) is 5.32 Å². The summed E-state index contributed by atoms with van der Waals surface area (Å²) in [6.07, 6.45) is 1.53. The lowest BCUT2D eigenvalue weighted by molar-refractivity contribution is 0.00578. The van der Waals surface area contributed by atoms with Crippen LogP contribution < -0.4 is 5.32 Å². The lowest BCUT2D eigenvalue weighted by Crippen LogP contribution is -2.41. The van der Waals surface area contributed by atoms with Crippen LogP contribution in [0.1, 0.15) is 38.8 Å². The molecule has 4 rings (SSSR count). The van der Waals surface area contributed by atoms with E-state index in [1.54, 1.807) is 0 Å². The molecule has 3 aromatic rings. The summed E-state index contributed by atoms with van der Waals surface area (Å²) in [5.41, 5.74) is 4.01. The molecular formula is C29H32BNO4. The Morgan fingerprint density at radius 2 is 1.46 bits per heavy atom. The second kappa shape index (κ2) is 10.5. The van der Waals surface area contributed by atoms with Crippen LogP contribution in [0.25, 0.3) is 17.2 Å². The van der Waals surface area contributed by atoms with Gasteiger partial charge in [-0.25, -0.2) is 4.79 Å². The fourth-order valence-corrected chi connectivity index (χ4v) is 3.80. The van der Waals surface area contributed by atoms with Gasteiger partial charge in [0.25, 0.3) is 0 Å². The van der Waals surface area contributed by atoms with Gasteiger partial charge in [0.15, 0.2) is 0 Å². The van der Waals surface area contributed by atoms with E-state index in [0.29, 0.717) is 0 Å². The van der Waals surface area contributed by atoms with Crippen LogP contribution in [0.5, 0.6) is 0 Å². The molecule has 1 N–H and O–H groups in total. The SMILES string of the molecule is CC1(C)OB(C(=Cc2cccc(-c3ccccc3)c2)CNC(=O)OCc2ccccc2)OC1(C)C. The number of alkyl carbamates (subject to hydrolysis) is 1. The largest absolute Gasteiger partial charge is 0.492 e. The van der Waals surface area contributed by atoms with Crippen LogP contribution >= 0.6 is 0 Å². The number of rotatable bonds is 7. The molecule has 180 valence electrons. The average Bonchev–Trinajstić information content (AvgIpc) is 3.08. The third kappa shape index (κ3) is 6.21. The van der Waals surface area contributed by atoms with Crippen LogP contribution in [0, 0.1) is 0 Å². The monoisotopic (exact) mass is 469 g/mol. The van der Waals surface area contributed by atoms with Crippen molar-refractivity contribution in [2.45, 2.75) is 45.5 Å². The Morgan fingerprint density at radius 3 is 2.11 bits per heavy atom. The van der Waals surface area contributed by atoms with Crippen molar-refractivity contribution >= 4 is 19.3 Å². The molecule has 0 saturated carbocycles. The maximum Gasteiger partial charge on any atom is 0.492 e. The number of hydrogen-bond donors (Lipinski definition) is 1. The summed E-state index contributed by atoms with van der Waals surface area (Å²) >= 11 is 0. The summed E-state index contributed by atoms with van der Waals surface area (Å²) in [6, 6.07) is 28.1. The van der Waals surface area contributed by atoms with E-state index in [1.165, 1.54) is 0 Å². The maximum absolute atomic E-state index is 12.4. The number of ether oxygens (including phenoxy) is 1. The van der Waals surface area contributed by atoms with Crippen LogP contribution in [-0.4, -0.2) is 31.0 Å². The Morgan fingerprint density at radius 1 is 0.857 bits per heavy atom. The molecular weight excluding hydrogens is 437 g/mol. The van der Waals surface area contributed by atoms with E-state index in [4.69, 9.17) is 14.0 Å². The van der Waals surface area contributed by atoms with Gasteiger partial charge >= 0.3 is 13.2 Å². The molecule has 0 unspecified atom stereocenters. The second-order valence-corrected chi connectivity index (χ2v) is 9.71. The summed E-state index contributed by atoms with van der Waals surface area (Å²) < 4.78 is 18.0. The van der Waals surface area contributed by atoms with Gasteiger partial charge in [-0.3, -0.25) is 0 Å². The first-order chi connectivity index (χ1) is 16.7. The van der Waals surface area contributed by atoms with E-state index >= 15 is 0 Å². The first-order valence-corrected chi connectivity index (χ1v) is 11.9. The van der Waals surface area contributed by atoms with Crippen LogP contribution in [-0.2, 0) is 20.7 Å². The van der Waals surface area contributed by atoms with Crippen molar-refractivity contribution in [2.24, 2.45) is 0 Å². The van der Waals surface area contributed by atoms with E-state index in [2.05, 4.69) is 29.6 Å². The summed E-state index contributed by atoms with van der Waals surface area (Å²) in [4.78, 5) is 12.4. The maximum atomic E-state index is 12.4. The van der Waals surface area contributed by atoms with Gasteiger partial charge in [0.2, 0.25) is 0 Å². The standard InChI is InChI=1S/C29H32BNO4/c1-28(2)29(3,4)35-30(34-28)26(20-31-27(32)33-21-22-12-7-5-8-13-22)19-23-14-11-17-25(18-23)24-15-9-6-10-16-24/h5-19H,20-21H2,1-4H3,(H,31,32). The predicted octanol–water partition coefficient (Wildman–Crippen LogP) is 6.29. The molecule has 1 amide bonds. The second-order valence-electron chi connectivity index (χ2n) is 9.71. The molecule has 6 heteroatoms. The third-order valence-electron chi connectivity index (χ3n) is 6.55. The van der Waals surface area contributed by atoms with Crippen LogP contribution in [0.3, 0.4) is 0 Å². The van der Waals surface area contributed by atoms with Crippen molar-refractivity contribution in [1.29, 1.82) is 0 Å². The summed E-state index contributed by atoms with van der Waals surface area (Å²) in [7, 11) is -0.588. The van der Waals surface area contributed by atoms with Crippen molar-refractivity contribution in [3.05, 3.63) is 102 Å². The molecule has 1 fully saturated rings. The van der Waals surface area contributed by atoms with E-state index in [9.17, 15) is 4.79 Å². The first kappa shape index (κ1) is 24.8. The number of hydrogen-bond acceptors (Lipinski definition) is 4. The summed E-state index contributed by atoms with van der Waals surface area (Å²) in [6.45, 7) is 8.51. The Labute approximate surface area is 208 Å². The van der Waals surface area contributed by atoms with E-state index in [-0.39, 0.29) is 13.2 Å². The zero-order valence-corrected chi connectivity index (χ0v) is 20.8. The zero-order valence-electron chi connectivity index (χ0n) is 20.8. The van der Waals surface area contributed by atoms with Crippen molar-refractivity contribution in [3.8, 4) is 11.1 Å². The van der Waals surface area contributed by atoms with Crippen molar-refractivity contribution in [3.63, 3.8) is 0 Å². The van der Waals surface area contributed by atoms with Gasteiger partial charge in [0, 0.05) is 6.54 Å². The average molecular weight is 469 g/mol. The van der Waals surface area contributed by atoms with Crippen LogP contribution in [0.15, 0.2) is 90.4 Å². The Hall–Kier alpha value is -3.35. The van der Waals surface area contributed by atoms with Gasteiger partial charge in [0.1, 0.15) is 6.61 Å². The zero-order chi connectivity index (χ0) is 24.9. The minimum atomic E-state index is -0.588. The lowest BCUT2D eigenvalue weighted by atomic mass is 9.77. The number of carbonyl (C=O) groups is 1. The Balaban J connectivity index is 1.53. The summed E-state index contributed by atoms with van der Waals surface area (Å²) in [5.74, 6) is 0.